The van der Waals surface area contributed by atoms with E-state index in [1.807, 2.05) is 31.5 Å². The number of fused-ring (bicyclic) bond motifs is 1. The minimum Gasteiger partial charge on any atom is -0.469 e. The fraction of sp³-hybridized carbons (Fsp3) is 0.286. The molecule has 3 rings (SSSR count). The highest BCUT2D eigenvalue weighted by molar-refractivity contribution is 7.16. The Balaban J connectivity index is 1.79. The minimum absolute atomic E-state index is 0.646. The summed E-state index contributed by atoms with van der Waals surface area (Å²) in [4.78, 5) is 12.2. The molecule has 0 radical (unpaired) electrons. The number of hydrogen-bond acceptors (Lipinski definition) is 7. The van der Waals surface area contributed by atoms with Crippen LogP contribution >= 0.6 is 11.3 Å². The summed E-state index contributed by atoms with van der Waals surface area (Å²) in [5.41, 5.74) is 3.82. The predicted molar refractivity (Wildman–Crippen MR) is 83.8 cm³/mol. The van der Waals surface area contributed by atoms with Gasteiger partial charge in [-0.1, -0.05) is 0 Å². The van der Waals surface area contributed by atoms with Crippen molar-refractivity contribution in [3.8, 4) is 0 Å². The van der Waals surface area contributed by atoms with E-state index in [0.717, 1.165) is 28.3 Å². The molecule has 0 aromatic carbocycles. The number of furan rings is 1. The van der Waals surface area contributed by atoms with Crippen LogP contribution < -0.4 is 11.3 Å². The molecule has 0 saturated carbocycles. The Morgan fingerprint density at radius 1 is 1.33 bits per heavy atom. The summed E-state index contributed by atoms with van der Waals surface area (Å²) in [6.07, 6.45) is 1.71. The van der Waals surface area contributed by atoms with Gasteiger partial charge in [-0.15, -0.1) is 11.3 Å². The van der Waals surface area contributed by atoms with Gasteiger partial charge in [0.15, 0.2) is 5.82 Å². The summed E-state index contributed by atoms with van der Waals surface area (Å²) in [7, 11) is 2.03. The molecule has 6 nitrogen and oxygen atoms in total. The maximum atomic E-state index is 5.54. The molecule has 21 heavy (non-hydrogen) atoms. The fourth-order valence-corrected chi connectivity index (χ4v) is 3.03. The van der Waals surface area contributed by atoms with E-state index < -0.39 is 0 Å². The van der Waals surface area contributed by atoms with Gasteiger partial charge in [0.1, 0.15) is 16.4 Å². The largest absolute Gasteiger partial charge is 0.469 e. The monoisotopic (exact) mass is 303 g/mol. The van der Waals surface area contributed by atoms with Crippen molar-refractivity contribution in [3.63, 3.8) is 0 Å². The second kappa shape index (κ2) is 5.80. The summed E-state index contributed by atoms with van der Waals surface area (Å²) in [6, 6.07) is 3.96. The molecule has 0 fully saturated rings. The van der Waals surface area contributed by atoms with Gasteiger partial charge in [0.05, 0.1) is 18.2 Å². The van der Waals surface area contributed by atoms with E-state index in [1.54, 1.807) is 17.6 Å². The highest BCUT2D eigenvalue weighted by atomic mass is 32.1. The molecule has 110 valence electrons. The Hall–Kier alpha value is -1.96. The summed E-state index contributed by atoms with van der Waals surface area (Å²) in [6.45, 7) is 3.40. The van der Waals surface area contributed by atoms with Crippen LogP contribution in [0.2, 0.25) is 0 Å². The lowest BCUT2D eigenvalue weighted by molar-refractivity contribution is 0.308. The molecule has 3 N–H and O–H groups in total. The lowest BCUT2D eigenvalue weighted by Crippen LogP contribution is -2.20. The summed E-state index contributed by atoms with van der Waals surface area (Å²) >= 11 is 1.59. The zero-order valence-corrected chi connectivity index (χ0v) is 12.8. The topological polar surface area (TPSA) is 80.2 Å². The third-order valence-corrected chi connectivity index (χ3v) is 4.13. The van der Waals surface area contributed by atoms with E-state index in [-0.39, 0.29) is 0 Å². The molecule has 0 spiro atoms. The standard InChI is InChI=1S/C14H17N5OS/c1-9-10(3-5-20-9)7-19(2)8-12-16-13(18-15)11-4-6-21-14(11)17-12/h3-6H,7-8,15H2,1-2H3,(H,16,17,18). The number of hydrazine groups is 1. The molecule has 3 heterocycles. The van der Waals surface area contributed by atoms with Crippen LogP contribution in [0.1, 0.15) is 17.1 Å². The Labute approximate surface area is 126 Å². The maximum Gasteiger partial charge on any atom is 0.152 e. The Kier molecular flexibility index (Phi) is 3.87. The number of nitrogen functional groups attached to an aromatic ring is 1. The normalized spacial score (nSPS) is 11.4. The first-order valence-electron chi connectivity index (χ1n) is 6.59. The van der Waals surface area contributed by atoms with Gasteiger partial charge in [-0.25, -0.2) is 15.8 Å². The van der Waals surface area contributed by atoms with E-state index >= 15 is 0 Å². The van der Waals surface area contributed by atoms with E-state index in [0.29, 0.717) is 12.4 Å². The molecule has 0 aliphatic heterocycles. The molecule has 0 amide bonds. The van der Waals surface area contributed by atoms with Crippen LogP contribution in [-0.2, 0) is 13.1 Å². The zero-order valence-electron chi connectivity index (χ0n) is 12.0. The van der Waals surface area contributed by atoms with Crippen molar-refractivity contribution in [3.05, 3.63) is 40.9 Å². The number of rotatable bonds is 5. The number of thiophene rings is 1. The second-order valence-corrected chi connectivity index (χ2v) is 5.84. The maximum absolute atomic E-state index is 5.54. The van der Waals surface area contributed by atoms with Gasteiger partial charge in [-0.05, 0) is 31.5 Å². The molecular formula is C14H17N5OS. The number of aromatic nitrogens is 2. The average molecular weight is 303 g/mol. The SMILES string of the molecule is Cc1occc1CN(C)Cc1nc(NN)c2ccsc2n1. The molecule has 7 heteroatoms. The number of nitrogens with zero attached hydrogens (tertiary/aromatic N) is 3. The summed E-state index contributed by atoms with van der Waals surface area (Å²) < 4.78 is 5.32. The fourth-order valence-electron chi connectivity index (χ4n) is 2.24. The first kappa shape index (κ1) is 14.0. The Bertz CT molecular complexity index is 751. The van der Waals surface area contributed by atoms with Crippen molar-refractivity contribution < 1.29 is 4.42 Å². The van der Waals surface area contributed by atoms with E-state index in [2.05, 4.69) is 20.3 Å². The van der Waals surface area contributed by atoms with Crippen molar-refractivity contribution in [1.82, 2.24) is 14.9 Å². The van der Waals surface area contributed by atoms with E-state index in [9.17, 15) is 0 Å². The second-order valence-electron chi connectivity index (χ2n) is 4.95. The van der Waals surface area contributed by atoms with Crippen molar-refractivity contribution in [2.75, 3.05) is 12.5 Å². The van der Waals surface area contributed by atoms with Crippen LogP contribution in [0.15, 0.2) is 28.2 Å². The average Bonchev–Trinajstić information content (AvgIpc) is 3.07. The van der Waals surface area contributed by atoms with Gasteiger partial charge in [-0.3, -0.25) is 4.90 Å². The molecule has 3 aromatic rings. The Morgan fingerprint density at radius 2 is 2.19 bits per heavy atom. The van der Waals surface area contributed by atoms with Crippen LogP contribution in [0, 0.1) is 6.92 Å². The van der Waals surface area contributed by atoms with Crippen LogP contribution in [0.5, 0.6) is 0 Å². The van der Waals surface area contributed by atoms with E-state index in [1.165, 1.54) is 5.56 Å². The molecule has 3 aromatic heterocycles. The molecule has 0 aliphatic carbocycles. The molecular weight excluding hydrogens is 286 g/mol. The number of anilines is 1. The lowest BCUT2D eigenvalue weighted by Gasteiger charge is -2.15. The van der Waals surface area contributed by atoms with Crippen molar-refractivity contribution in [2.45, 2.75) is 20.0 Å². The third-order valence-electron chi connectivity index (χ3n) is 3.33. The first-order valence-corrected chi connectivity index (χ1v) is 7.47. The highest BCUT2D eigenvalue weighted by Crippen LogP contribution is 2.24. The lowest BCUT2D eigenvalue weighted by atomic mass is 10.2. The van der Waals surface area contributed by atoms with Crippen molar-refractivity contribution >= 4 is 27.4 Å². The van der Waals surface area contributed by atoms with Gasteiger partial charge in [-0.2, -0.15) is 0 Å². The molecule has 0 bridgehead atoms. The summed E-state index contributed by atoms with van der Waals surface area (Å²) in [5, 5.41) is 2.95. The molecule has 0 aliphatic rings. The molecule has 0 unspecified atom stereocenters. The van der Waals surface area contributed by atoms with Crippen LogP contribution in [0.25, 0.3) is 10.2 Å². The number of aryl methyl sites for hydroxylation is 1. The first-order chi connectivity index (χ1) is 10.2. The zero-order chi connectivity index (χ0) is 14.8. The molecule has 0 saturated heterocycles. The van der Waals surface area contributed by atoms with Crippen LogP contribution in [0.3, 0.4) is 0 Å². The van der Waals surface area contributed by atoms with Gasteiger partial charge in [0, 0.05) is 12.1 Å². The van der Waals surface area contributed by atoms with Crippen LogP contribution in [0.4, 0.5) is 5.82 Å². The van der Waals surface area contributed by atoms with Gasteiger partial charge < -0.3 is 9.84 Å². The summed E-state index contributed by atoms with van der Waals surface area (Å²) in [5.74, 6) is 7.91. The van der Waals surface area contributed by atoms with Crippen molar-refractivity contribution in [2.24, 2.45) is 5.84 Å². The number of hydrogen-bond donors (Lipinski definition) is 2. The van der Waals surface area contributed by atoms with Gasteiger partial charge in [0.2, 0.25) is 0 Å². The predicted octanol–water partition coefficient (Wildman–Crippen LogP) is 2.51. The minimum atomic E-state index is 0.646. The smallest absolute Gasteiger partial charge is 0.152 e. The van der Waals surface area contributed by atoms with Crippen molar-refractivity contribution in [1.29, 1.82) is 0 Å². The number of nitrogens with two attached hydrogens (primary N) is 1. The molecule has 0 atom stereocenters. The number of nitrogens with one attached hydrogen (secondary N) is 1. The third kappa shape index (κ3) is 2.90. The van der Waals surface area contributed by atoms with Gasteiger partial charge in [0.25, 0.3) is 0 Å². The van der Waals surface area contributed by atoms with Gasteiger partial charge >= 0.3 is 0 Å². The van der Waals surface area contributed by atoms with E-state index in [4.69, 9.17) is 10.3 Å². The quantitative estimate of drug-likeness (QED) is 0.557. The Morgan fingerprint density at radius 3 is 2.90 bits per heavy atom. The van der Waals surface area contributed by atoms with Crippen LogP contribution in [-0.4, -0.2) is 21.9 Å². The highest BCUT2D eigenvalue weighted by Gasteiger charge is 2.11.